The molecule has 10 heteroatoms. The second-order valence-corrected chi connectivity index (χ2v) is 12.0. The minimum absolute atomic E-state index is 0.0169. The first-order valence-electron chi connectivity index (χ1n) is 13.1. The van der Waals surface area contributed by atoms with Gasteiger partial charge < -0.3 is 20.1 Å². The molecule has 0 radical (unpaired) electrons. The molecule has 0 unspecified atom stereocenters. The topological polar surface area (TPSA) is 123 Å². The Hall–Kier alpha value is -3.66. The predicted molar refractivity (Wildman–Crippen MR) is 159 cm³/mol. The fourth-order valence-corrected chi connectivity index (χ4v) is 6.01. The Labute approximate surface area is 238 Å². The number of hydrogen-bond donors (Lipinski definition) is 3. The summed E-state index contributed by atoms with van der Waals surface area (Å²) >= 11 is 6.16. The molecule has 1 heterocycles. The fourth-order valence-electron chi connectivity index (χ4n) is 4.55. The third kappa shape index (κ3) is 6.91. The van der Waals surface area contributed by atoms with E-state index in [1.165, 1.54) is 0 Å². The summed E-state index contributed by atoms with van der Waals surface area (Å²) < 4.78 is 25.8. The van der Waals surface area contributed by atoms with Crippen molar-refractivity contribution < 1.29 is 23.4 Å². The van der Waals surface area contributed by atoms with Gasteiger partial charge >= 0.3 is 5.97 Å². The van der Waals surface area contributed by atoms with Gasteiger partial charge in [-0.05, 0) is 67.5 Å². The van der Waals surface area contributed by atoms with Gasteiger partial charge in [-0.2, -0.15) is 0 Å². The van der Waals surface area contributed by atoms with Crippen LogP contribution in [0.3, 0.4) is 0 Å². The van der Waals surface area contributed by atoms with E-state index in [2.05, 4.69) is 9.88 Å². The van der Waals surface area contributed by atoms with Gasteiger partial charge in [-0.25, -0.2) is 13.4 Å². The summed E-state index contributed by atoms with van der Waals surface area (Å²) in [6, 6.07) is 18.9. The Bertz CT molecular complexity index is 1640. The van der Waals surface area contributed by atoms with E-state index >= 15 is 0 Å². The number of rotatable bonds is 12. The second-order valence-electron chi connectivity index (χ2n) is 9.43. The van der Waals surface area contributed by atoms with Gasteiger partial charge in [0.25, 0.3) is 0 Å². The van der Waals surface area contributed by atoms with E-state index in [-0.39, 0.29) is 22.9 Å². The summed E-state index contributed by atoms with van der Waals surface area (Å²) in [5.74, 6) is -0.961. The molecule has 0 saturated heterocycles. The first-order chi connectivity index (χ1) is 19.1. The smallest absolute Gasteiger partial charge is 0.303 e. The number of nitrogens with one attached hydrogen (secondary N) is 1. The predicted octanol–water partition coefficient (Wildman–Crippen LogP) is 5.83. The van der Waals surface area contributed by atoms with Crippen molar-refractivity contribution in [2.24, 2.45) is 4.99 Å². The fraction of sp³-hybridized carbons (Fsp3) is 0.267. The van der Waals surface area contributed by atoms with E-state index in [4.69, 9.17) is 21.7 Å². The van der Waals surface area contributed by atoms with Crippen LogP contribution < -0.4 is 0 Å². The number of H-pyrrole nitrogens is 1. The zero-order valence-corrected chi connectivity index (χ0v) is 24.0. The van der Waals surface area contributed by atoms with Crippen molar-refractivity contribution in [2.75, 3.05) is 25.4 Å². The first kappa shape index (κ1) is 29.3. The van der Waals surface area contributed by atoms with Gasteiger partial charge in [-0.3, -0.25) is 4.79 Å². The van der Waals surface area contributed by atoms with Gasteiger partial charge in [0.1, 0.15) is 0 Å². The number of nitrogens with zero attached hydrogens (tertiary/aromatic N) is 2. The molecular weight excluding hydrogens is 550 g/mol. The first-order valence-corrected chi connectivity index (χ1v) is 15.1. The molecule has 0 aliphatic heterocycles. The Kier molecular flexibility index (Phi) is 9.29. The number of carboxylic acids is 1. The van der Waals surface area contributed by atoms with Crippen molar-refractivity contribution in [3.05, 3.63) is 88.4 Å². The van der Waals surface area contributed by atoms with Gasteiger partial charge in [0.05, 0.1) is 33.1 Å². The molecule has 0 amide bonds. The molecule has 3 aromatic carbocycles. The number of sulfone groups is 1. The number of aromatic hydroxyl groups is 1. The molecule has 210 valence electrons. The quantitative estimate of drug-likeness (QED) is 0.181. The lowest BCUT2D eigenvalue weighted by Gasteiger charge is -2.17. The Balaban J connectivity index is 1.76. The van der Waals surface area contributed by atoms with Crippen molar-refractivity contribution in [1.29, 1.82) is 0 Å². The maximum Gasteiger partial charge on any atom is 0.303 e. The highest BCUT2D eigenvalue weighted by Crippen LogP contribution is 2.33. The second kappa shape index (κ2) is 12.7. The van der Waals surface area contributed by atoms with Crippen LogP contribution >= 0.6 is 11.6 Å². The van der Waals surface area contributed by atoms with E-state index < -0.39 is 15.8 Å². The molecule has 3 N–H and O–H groups in total. The molecule has 40 heavy (non-hydrogen) atoms. The molecule has 4 rings (SSSR count). The van der Waals surface area contributed by atoms with Crippen molar-refractivity contribution in [3.8, 4) is 5.88 Å². The van der Waals surface area contributed by atoms with Gasteiger partial charge in [0.2, 0.25) is 0 Å². The zero-order chi connectivity index (χ0) is 28.9. The Morgan fingerprint density at radius 2 is 1.75 bits per heavy atom. The van der Waals surface area contributed by atoms with Crippen LogP contribution in [-0.4, -0.2) is 65.6 Å². The summed E-state index contributed by atoms with van der Waals surface area (Å²) in [5.41, 5.74) is 3.51. The van der Waals surface area contributed by atoms with Crippen LogP contribution in [0.5, 0.6) is 5.88 Å². The van der Waals surface area contributed by atoms with Crippen LogP contribution in [-0.2, 0) is 21.1 Å². The number of aromatic nitrogens is 1. The number of benzene rings is 3. The van der Waals surface area contributed by atoms with Gasteiger partial charge in [0.15, 0.2) is 15.7 Å². The number of aromatic amines is 1. The van der Waals surface area contributed by atoms with Gasteiger partial charge in [0, 0.05) is 28.9 Å². The van der Waals surface area contributed by atoms with E-state index in [1.54, 1.807) is 42.5 Å². The Morgan fingerprint density at radius 1 is 1.02 bits per heavy atom. The van der Waals surface area contributed by atoms with Crippen LogP contribution in [0.4, 0.5) is 5.69 Å². The molecule has 0 saturated carbocycles. The minimum Gasteiger partial charge on any atom is -0.494 e. The highest BCUT2D eigenvalue weighted by atomic mass is 35.5. The van der Waals surface area contributed by atoms with Crippen molar-refractivity contribution in [1.82, 2.24) is 9.88 Å². The third-order valence-corrected chi connectivity index (χ3v) is 8.76. The van der Waals surface area contributed by atoms with Gasteiger partial charge in [-0.1, -0.05) is 49.7 Å². The van der Waals surface area contributed by atoms with Crippen molar-refractivity contribution in [3.63, 3.8) is 0 Å². The average molecular weight is 582 g/mol. The lowest BCUT2D eigenvalue weighted by Crippen LogP contribution is -2.29. The molecule has 8 nitrogen and oxygen atoms in total. The van der Waals surface area contributed by atoms with E-state index in [9.17, 15) is 18.3 Å². The SMILES string of the molecule is CCN(CC)CCS(=O)(=O)c1ccc(N=C(c2cccc(CCC(=O)O)c2)c2c(O)[nH]c3cc(Cl)ccc23)cc1. The van der Waals surface area contributed by atoms with E-state index in [0.29, 0.717) is 51.4 Å². The van der Waals surface area contributed by atoms with Crippen LogP contribution in [0.1, 0.15) is 37.0 Å². The normalized spacial score (nSPS) is 12.3. The minimum atomic E-state index is -3.47. The van der Waals surface area contributed by atoms with E-state index in [0.717, 1.165) is 18.7 Å². The van der Waals surface area contributed by atoms with Crippen LogP contribution in [0.15, 0.2) is 76.6 Å². The maximum absolute atomic E-state index is 12.9. The lowest BCUT2D eigenvalue weighted by atomic mass is 9.98. The van der Waals surface area contributed by atoms with Crippen molar-refractivity contribution >= 4 is 49.7 Å². The standard InChI is InChI=1S/C30H32ClN3O5S/c1-3-34(4-2)16-17-40(38,39)24-12-10-23(11-13-24)32-29(21-7-5-6-20(18-21)8-15-27(35)36)28-25-14-9-22(31)19-26(25)33-30(28)37/h5-7,9-14,18-19,33,37H,3-4,8,15-17H2,1-2H3,(H,35,36). The highest BCUT2D eigenvalue weighted by Gasteiger charge is 2.20. The molecule has 1 aromatic heterocycles. The van der Waals surface area contributed by atoms with Gasteiger partial charge in [-0.15, -0.1) is 0 Å². The summed E-state index contributed by atoms with van der Waals surface area (Å²) in [7, 11) is -3.47. The van der Waals surface area contributed by atoms with E-state index in [1.807, 2.05) is 38.1 Å². The number of aliphatic imine (C=N–C) groups is 1. The summed E-state index contributed by atoms with van der Waals surface area (Å²) in [4.78, 5) is 21.2. The summed E-state index contributed by atoms with van der Waals surface area (Å²) in [5, 5.41) is 21.3. The molecule has 0 fully saturated rings. The molecule has 4 aromatic rings. The number of hydrogen-bond acceptors (Lipinski definition) is 6. The summed E-state index contributed by atoms with van der Waals surface area (Å²) in [6.45, 7) is 6.03. The van der Waals surface area contributed by atoms with Crippen LogP contribution in [0.25, 0.3) is 10.9 Å². The third-order valence-electron chi connectivity index (χ3n) is 6.81. The summed E-state index contributed by atoms with van der Waals surface area (Å²) in [6.07, 6.45) is 0.322. The maximum atomic E-state index is 12.9. The molecular formula is C30H32ClN3O5S. The zero-order valence-electron chi connectivity index (χ0n) is 22.4. The van der Waals surface area contributed by atoms with Crippen molar-refractivity contribution in [2.45, 2.75) is 31.6 Å². The number of aliphatic carboxylic acids is 1. The average Bonchev–Trinajstić information content (AvgIpc) is 3.25. The van der Waals surface area contributed by atoms with Crippen LogP contribution in [0, 0.1) is 0 Å². The number of aryl methyl sites for hydroxylation is 1. The molecule has 0 bridgehead atoms. The molecule has 0 atom stereocenters. The lowest BCUT2D eigenvalue weighted by molar-refractivity contribution is -0.136. The Morgan fingerprint density at radius 3 is 2.42 bits per heavy atom. The number of carbonyl (C=O) groups is 1. The highest BCUT2D eigenvalue weighted by molar-refractivity contribution is 7.91. The monoisotopic (exact) mass is 581 g/mol. The molecule has 0 aliphatic rings. The molecule has 0 aliphatic carbocycles. The largest absolute Gasteiger partial charge is 0.494 e. The number of carboxylic acid groups (broad SMARTS) is 1. The molecule has 0 spiro atoms. The number of fused-ring (bicyclic) bond motifs is 1. The van der Waals surface area contributed by atoms with Crippen LogP contribution in [0.2, 0.25) is 5.02 Å². The number of halogens is 1.